The Morgan fingerprint density at radius 3 is 3.00 bits per heavy atom. The number of fused-ring (bicyclic) bond motifs is 2. The number of nitrogens with one attached hydrogen (secondary N) is 1. The van der Waals surface area contributed by atoms with Gasteiger partial charge in [-0.05, 0) is 42.5 Å². The largest absolute Gasteiger partial charge is 0.454 e. The van der Waals surface area contributed by atoms with E-state index in [1.165, 1.54) is 11.1 Å². The van der Waals surface area contributed by atoms with Crippen molar-refractivity contribution in [2.24, 2.45) is 0 Å². The third-order valence-corrected chi connectivity index (χ3v) is 4.93. The van der Waals surface area contributed by atoms with E-state index in [1.807, 2.05) is 22.8 Å². The summed E-state index contributed by atoms with van der Waals surface area (Å²) in [6, 6.07) is 10.1. The Morgan fingerprint density at radius 2 is 2.12 bits per heavy atom. The van der Waals surface area contributed by atoms with Crippen LogP contribution in [-0.2, 0) is 25.9 Å². The number of rotatable bonds is 5. The van der Waals surface area contributed by atoms with Crippen molar-refractivity contribution in [3.63, 3.8) is 0 Å². The van der Waals surface area contributed by atoms with Crippen molar-refractivity contribution in [1.29, 1.82) is 0 Å². The van der Waals surface area contributed by atoms with Gasteiger partial charge in [0.2, 0.25) is 6.79 Å². The van der Waals surface area contributed by atoms with E-state index >= 15 is 0 Å². The van der Waals surface area contributed by atoms with E-state index in [1.54, 1.807) is 12.1 Å². The molecule has 5 heteroatoms. The normalized spacial score (nSPS) is 18.0. The lowest BCUT2D eigenvalue weighted by atomic mass is 9.91. The van der Waals surface area contributed by atoms with Crippen LogP contribution in [0.3, 0.4) is 0 Å². The summed E-state index contributed by atoms with van der Waals surface area (Å²) in [5.41, 5.74) is 3.67. The monoisotopic (exact) mass is 338 g/mol. The Morgan fingerprint density at radius 1 is 1.24 bits per heavy atom. The predicted octanol–water partition coefficient (Wildman–Crippen LogP) is 2.41. The molecule has 0 bridgehead atoms. The zero-order valence-corrected chi connectivity index (χ0v) is 14.2. The number of pyridine rings is 1. The van der Waals surface area contributed by atoms with Gasteiger partial charge in [0.1, 0.15) is 0 Å². The number of allylic oxidation sites excluding steroid dienone is 1. The van der Waals surface area contributed by atoms with Crippen molar-refractivity contribution in [3.8, 4) is 11.5 Å². The van der Waals surface area contributed by atoms with E-state index < -0.39 is 0 Å². The maximum atomic E-state index is 12.0. The van der Waals surface area contributed by atoms with E-state index in [0.717, 1.165) is 43.0 Å². The average molecular weight is 338 g/mol. The van der Waals surface area contributed by atoms with Gasteiger partial charge in [0.25, 0.3) is 5.56 Å². The van der Waals surface area contributed by atoms with Gasteiger partial charge in [-0.1, -0.05) is 18.2 Å². The number of hydrogen-bond donors (Lipinski definition) is 1. The first-order chi connectivity index (χ1) is 12.2. The van der Waals surface area contributed by atoms with Crippen LogP contribution in [-0.4, -0.2) is 17.4 Å². The van der Waals surface area contributed by atoms with Crippen LogP contribution in [0, 0.1) is 0 Å². The molecular formula is C20H22N2O3. The zero-order chi connectivity index (χ0) is 17.2. The highest BCUT2D eigenvalue weighted by Crippen LogP contribution is 2.32. The van der Waals surface area contributed by atoms with E-state index in [0.29, 0.717) is 19.4 Å². The van der Waals surface area contributed by atoms with Crippen LogP contribution < -0.4 is 20.3 Å². The molecule has 4 rings (SSSR count). The molecule has 0 saturated heterocycles. The summed E-state index contributed by atoms with van der Waals surface area (Å²) in [7, 11) is 0. The predicted molar refractivity (Wildman–Crippen MR) is 96.1 cm³/mol. The minimum Gasteiger partial charge on any atom is -0.454 e. The molecule has 2 heterocycles. The molecule has 1 N–H and O–H groups in total. The van der Waals surface area contributed by atoms with Gasteiger partial charge in [-0.15, -0.1) is 6.58 Å². The van der Waals surface area contributed by atoms with Gasteiger partial charge in [-0.2, -0.15) is 0 Å². The molecule has 130 valence electrons. The lowest BCUT2D eigenvalue weighted by molar-refractivity contribution is 0.174. The molecule has 1 atom stereocenters. The molecule has 2 aromatic rings. The summed E-state index contributed by atoms with van der Waals surface area (Å²) >= 11 is 0. The number of aromatic nitrogens is 1. The van der Waals surface area contributed by atoms with Crippen LogP contribution in [0.4, 0.5) is 0 Å². The van der Waals surface area contributed by atoms with Gasteiger partial charge in [-0.25, -0.2) is 0 Å². The molecule has 0 amide bonds. The highest BCUT2D eigenvalue weighted by atomic mass is 16.7. The molecular weight excluding hydrogens is 316 g/mol. The topological polar surface area (TPSA) is 52.5 Å². The number of benzene rings is 1. The van der Waals surface area contributed by atoms with Crippen LogP contribution in [0.25, 0.3) is 0 Å². The Bertz CT molecular complexity index is 857. The lowest BCUT2D eigenvalue weighted by Gasteiger charge is -2.27. The first-order valence-corrected chi connectivity index (χ1v) is 8.69. The summed E-state index contributed by atoms with van der Waals surface area (Å²) in [5, 5.41) is 3.63. The maximum Gasteiger partial charge on any atom is 0.251 e. The highest BCUT2D eigenvalue weighted by molar-refractivity contribution is 5.44. The van der Waals surface area contributed by atoms with Crippen LogP contribution >= 0.6 is 0 Å². The van der Waals surface area contributed by atoms with Gasteiger partial charge in [0, 0.05) is 30.9 Å². The molecule has 1 aliphatic carbocycles. The summed E-state index contributed by atoms with van der Waals surface area (Å²) in [5.74, 6) is 1.64. The summed E-state index contributed by atoms with van der Waals surface area (Å²) in [6.07, 6.45) is 4.67. The molecule has 1 aromatic carbocycles. The van der Waals surface area contributed by atoms with Gasteiger partial charge in [-0.3, -0.25) is 4.79 Å². The highest BCUT2D eigenvalue weighted by Gasteiger charge is 2.21. The van der Waals surface area contributed by atoms with Crippen molar-refractivity contribution < 1.29 is 9.47 Å². The molecule has 0 unspecified atom stereocenters. The Labute approximate surface area is 146 Å². The molecule has 2 aliphatic rings. The van der Waals surface area contributed by atoms with E-state index in [2.05, 4.69) is 18.0 Å². The Balaban J connectivity index is 1.43. The lowest BCUT2D eigenvalue weighted by Crippen LogP contribution is -2.37. The smallest absolute Gasteiger partial charge is 0.251 e. The van der Waals surface area contributed by atoms with Crippen LogP contribution in [0.1, 0.15) is 23.2 Å². The van der Waals surface area contributed by atoms with Gasteiger partial charge in [0.15, 0.2) is 11.5 Å². The van der Waals surface area contributed by atoms with E-state index in [9.17, 15) is 4.79 Å². The fourth-order valence-electron chi connectivity index (χ4n) is 3.64. The zero-order valence-electron chi connectivity index (χ0n) is 14.2. The molecule has 0 saturated carbocycles. The molecule has 0 fully saturated rings. The Kier molecular flexibility index (Phi) is 4.32. The summed E-state index contributed by atoms with van der Waals surface area (Å²) in [4.78, 5) is 12.0. The molecule has 0 radical (unpaired) electrons. The van der Waals surface area contributed by atoms with Crippen LogP contribution in [0.5, 0.6) is 11.5 Å². The second-order valence-corrected chi connectivity index (χ2v) is 6.55. The maximum absolute atomic E-state index is 12.0. The number of hydrogen-bond acceptors (Lipinski definition) is 4. The second-order valence-electron chi connectivity index (χ2n) is 6.55. The van der Waals surface area contributed by atoms with Gasteiger partial charge in [0.05, 0.1) is 0 Å². The SMILES string of the molecule is C=CCn1c2c(ccc1=O)C[C@H](NCc1ccc3c(c1)OCO3)CC2. The van der Waals surface area contributed by atoms with Crippen LogP contribution in [0.15, 0.2) is 47.8 Å². The minimum atomic E-state index is 0.0606. The van der Waals surface area contributed by atoms with Gasteiger partial charge >= 0.3 is 0 Å². The molecule has 1 aliphatic heterocycles. The molecule has 5 nitrogen and oxygen atoms in total. The number of ether oxygens (including phenoxy) is 2. The molecule has 0 spiro atoms. The van der Waals surface area contributed by atoms with Crippen molar-refractivity contribution in [1.82, 2.24) is 9.88 Å². The first kappa shape index (κ1) is 16.0. The van der Waals surface area contributed by atoms with E-state index in [4.69, 9.17) is 9.47 Å². The van der Waals surface area contributed by atoms with Crippen LogP contribution in [0.2, 0.25) is 0 Å². The number of nitrogens with zero attached hydrogens (tertiary/aromatic N) is 1. The van der Waals surface area contributed by atoms with Gasteiger partial charge < -0.3 is 19.4 Å². The van der Waals surface area contributed by atoms with Crippen molar-refractivity contribution in [2.75, 3.05) is 6.79 Å². The molecule has 1 aromatic heterocycles. The third-order valence-electron chi connectivity index (χ3n) is 4.93. The third kappa shape index (κ3) is 3.20. The van der Waals surface area contributed by atoms with Crippen molar-refractivity contribution in [2.45, 2.75) is 38.4 Å². The minimum absolute atomic E-state index is 0.0606. The summed E-state index contributed by atoms with van der Waals surface area (Å²) in [6.45, 7) is 5.44. The van der Waals surface area contributed by atoms with E-state index in [-0.39, 0.29) is 5.56 Å². The molecule has 25 heavy (non-hydrogen) atoms. The first-order valence-electron chi connectivity index (χ1n) is 8.69. The summed E-state index contributed by atoms with van der Waals surface area (Å²) < 4.78 is 12.6. The average Bonchev–Trinajstić information content (AvgIpc) is 3.10. The quantitative estimate of drug-likeness (QED) is 0.851. The van der Waals surface area contributed by atoms with Crippen molar-refractivity contribution in [3.05, 3.63) is 70.2 Å². The fourth-order valence-corrected chi connectivity index (χ4v) is 3.64. The Hall–Kier alpha value is -2.53. The standard InChI is InChI=1S/C20H22N2O3/c1-2-9-22-17-6-5-16(11-15(17)4-8-20(22)23)21-12-14-3-7-18-19(10-14)25-13-24-18/h2-4,7-8,10,16,21H,1,5-6,9,11-13H2/t16-/m1/s1. The second kappa shape index (κ2) is 6.76. The fraction of sp³-hybridized carbons (Fsp3) is 0.350. The van der Waals surface area contributed by atoms with Crippen molar-refractivity contribution >= 4 is 0 Å².